The molecule has 1 N–H and O–H groups in total. The maximum atomic E-state index is 5.68. The second kappa shape index (κ2) is 7.23. The summed E-state index contributed by atoms with van der Waals surface area (Å²) in [5.41, 5.74) is 1.06. The van der Waals surface area contributed by atoms with Crippen molar-refractivity contribution in [3.05, 3.63) is 17.8 Å². The molecule has 0 aliphatic carbocycles. The van der Waals surface area contributed by atoms with Crippen LogP contribution in [0.2, 0.25) is 0 Å². The fourth-order valence-corrected chi connectivity index (χ4v) is 3.08. The lowest BCUT2D eigenvalue weighted by atomic mass is 9.98. The number of oxazole rings is 1. The van der Waals surface area contributed by atoms with Gasteiger partial charge in [-0.3, -0.25) is 4.90 Å². The lowest BCUT2D eigenvalue weighted by molar-refractivity contribution is 0.107. The number of nitrogens with zero attached hydrogens (tertiary/aromatic N) is 2. The number of hydrogen-bond acceptors (Lipinski definition) is 4. The summed E-state index contributed by atoms with van der Waals surface area (Å²) in [6.45, 7) is 7.95. The first-order valence-corrected chi connectivity index (χ1v) is 7.96. The van der Waals surface area contributed by atoms with Gasteiger partial charge in [0.25, 0.3) is 0 Å². The standard InChI is InChI=1S/C16H29N3O/c1-12(2)19-8-6-5-7-15(19)10-16-18-14(11-20-16)9-13(3)17-4/h11-13,15,17H,5-10H2,1-4H3. The van der Waals surface area contributed by atoms with Crippen LogP contribution in [-0.2, 0) is 12.8 Å². The van der Waals surface area contributed by atoms with Crippen LogP contribution in [0.4, 0.5) is 0 Å². The van der Waals surface area contributed by atoms with Crippen molar-refractivity contribution >= 4 is 0 Å². The molecule has 2 rings (SSSR count). The van der Waals surface area contributed by atoms with Crippen LogP contribution in [0.3, 0.4) is 0 Å². The molecule has 2 unspecified atom stereocenters. The highest BCUT2D eigenvalue weighted by Crippen LogP contribution is 2.22. The molecule has 0 saturated carbocycles. The molecule has 0 radical (unpaired) electrons. The monoisotopic (exact) mass is 279 g/mol. The Morgan fingerprint density at radius 3 is 2.90 bits per heavy atom. The van der Waals surface area contributed by atoms with Crippen LogP contribution < -0.4 is 5.32 Å². The lowest BCUT2D eigenvalue weighted by Gasteiger charge is -2.38. The van der Waals surface area contributed by atoms with Gasteiger partial charge in [-0.1, -0.05) is 6.42 Å². The summed E-state index contributed by atoms with van der Waals surface area (Å²) in [5, 5.41) is 3.24. The SMILES string of the molecule is CNC(C)Cc1coc(CC2CCCCN2C(C)C)n1. The molecule has 1 aliphatic heterocycles. The first-order chi connectivity index (χ1) is 9.60. The Morgan fingerprint density at radius 2 is 2.20 bits per heavy atom. The topological polar surface area (TPSA) is 41.3 Å². The third-order valence-electron chi connectivity index (χ3n) is 4.35. The van der Waals surface area contributed by atoms with Crippen LogP contribution >= 0.6 is 0 Å². The van der Waals surface area contributed by atoms with Crippen molar-refractivity contribution in [1.29, 1.82) is 0 Å². The van der Waals surface area contributed by atoms with Gasteiger partial charge >= 0.3 is 0 Å². The normalized spacial score (nSPS) is 22.4. The molecule has 2 atom stereocenters. The Morgan fingerprint density at radius 1 is 1.40 bits per heavy atom. The molecular weight excluding hydrogens is 250 g/mol. The van der Waals surface area contributed by atoms with E-state index in [1.807, 2.05) is 13.3 Å². The van der Waals surface area contributed by atoms with E-state index < -0.39 is 0 Å². The van der Waals surface area contributed by atoms with E-state index in [1.54, 1.807) is 0 Å². The number of hydrogen-bond donors (Lipinski definition) is 1. The van der Waals surface area contributed by atoms with Gasteiger partial charge < -0.3 is 9.73 Å². The predicted octanol–water partition coefficient (Wildman–Crippen LogP) is 2.63. The highest BCUT2D eigenvalue weighted by atomic mass is 16.3. The summed E-state index contributed by atoms with van der Waals surface area (Å²) in [4.78, 5) is 7.25. The van der Waals surface area contributed by atoms with E-state index in [0.717, 1.165) is 24.4 Å². The average Bonchev–Trinajstić information content (AvgIpc) is 2.86. The summed E-state index contributed by atoms with van der Waals surface area (Å²) < 4.78 is 5.68. The molecule has 2 heterocycles. The van der Waals surface area contributed by atoms with E-state index in [-0.39, 0.29) is 0 Å². The van der Waals surface area contributed by atoms with Crippen LogP contribution in [0.15, 0.2) is 10.7 Å². The molecule has 4 nitrogen and oxygen atoms in total. The Hall–Kier alpha value is -0.870. The van der Waals surface area contributed by atoms with Gasteiger partial charge in [-0.25, -0.2) is 4.98 Å². The molecule has 4 heteroatoms. The zero-order valence-corrected chi connectivity index (χ0v) is 13.4. The van der Waals surface area contributed by atoms with Gasteiger partial charge in [-0.05, 0) is 47.2 Å². The number of aromatic nitrogens is 1. The van der Waals surface area contributed by atoms with E-state index >= 15 is 0 Å². The van der Waals surface area contributed by atoms with Gasteiger partial charge in [0.05, 0.1) is 5.69 Å². The van der Waals surface area contributed by atoms with E-state index in [1.165, 1.54) is 25.8 Å². The third-order valence-corrected chi connectivity index (χ3v) is 4.35. The van der Waals surface area contributed by atoms with Gasteiger partial charge in [-0.2, -0.15) is 0 Å². The van der Waals surface area contributed by atoms with Gasteiger partial charge in [0.1, 0.15) is 6.26 Å². The Bertz CT molecular complexity index is 402. The van der Waals surface area contributed by atoms with Crippen LogP contribution in [0.25, 0.3) is 0 Å². The van der Waals surface area contributed by atoms with Crippen molar-refractivity contribution in [2.24, 2.45) is 0 Å². The highest BCUT2D eigenvalue weighted by Gasteiger charge is 2.26. The molecule has 0 bridgehead atoms. The molecule has 1 aromatic heterocycles. The molecular formula is C16H29N3O. The minimum absolute atomic E-state index is 0.440. The van der Waals surface area contributed by atoms with Crippen molar-refractivity contribution < 1.29 is 4.42 Å². The molecule has 1 saturated heterocycles. The minimum atomic E-state index is 0.440. The van der Waals surface area contributed by atoms with Crippen molar-refractivity contribution in [3.63, 3.8) is 0 Å². The molecule has 20 heavy (non-hydrogen) atoms. The summed E-state index contributed by atoms with van der Waals surface area (Å²) in [7, 11) is 1.98. The summed E-state index contributed by atoms with van der Waals surface area (Å²) in [6, 6.07) is 1.64. The van der Waals surface area contributed by atoms with Gasteiger partial charge in [0, 0.05) is 31.0 Å². The summed E-state index contributed by atoms with van der Waals surface area (Å²) in [6.07, 6.45) is 7.63. The second-order valence-electron chi connectivity index (χ2n) is 6.31. The molecule has 1 aromatic rings. The number of likely N-dealkylation sites (N-methyl/N-ethyl adjacent to an activating group) is 1. The quantitative estimate of drug-likeness (QED) is 0.869. The fraction of sp³-hybridized carbons (Fsp3) is 0.812. The van der Waals surface area contributed by atoms with E-state index in [9.17, 15) is 0 Å². The fourth-order valence-electron chi connectivity index (χ4n) is 3.08. The van der Waals surface area contributed by atoms with Crippen LogP contribution in [0, 0.1) is 0 Å². The maximum Gasteiger partial charge on any atom is 0.195 e. The van der Waals surface area contributed by atoms with Crippen LogP contribution in [0.1, 0.15) is 51.6 Å². The van der Waals surface area contributed by atoms with Crippen molar-refractivity contribution in [3.8, 4) is 0 Å². The Labute approximate surface area is 122 Å². The van der Waals surface area contributed by atoms with Crippen molar-refractivity contribution in [2.75, 3.05) is 13.6 Å². The van der Waals surface area contributed by atoms with Gasteiger partial charge in [0.15, 0.2) is 5.89 Å². The number of nitrogens with one attached hydrogen (secondary N) is 1. The van der Waals surface area contributed by atoms with Gasteiger partial charge in [0.2, 0.25) is 0 Å². The lowest BCUT2D eigenvalue weighted by Crippen LogP contribution is -2.45. The van der Waals surface area contributed by atoms with E-state index in [4.69, 9.17) is 4.42 Å². The van der Waals surface area contributed by atoms with E-state index in [0.29, 0.717) is 18.1 Å². The zero-order valence-electron chi connectivity index (χ0n) is 13.4. The van der Waals surface area contributed by atoms with E-state index in [2.05, 4.69) is 36.0 Å². The number of piperidine rings is 1. The number of rotatable bonds is 6. The predicted molar refractivity (Wildman–Crippen MR) is 81.9 cm³/mol. The Kier molecular flexibility index (Phi) is 5.61. The third kappa shape index (κ3) is 4.06. The molecule has 114 valence electrons. The Balaban J connectivity index is 1.94. The number of likely N-dealkylation sites (tertiary alicyclic amines) is 1. The maximum absolute atomic E-state index is 5.68. The summed E-state index contributed by atoms with van der Waals surface area (Å²) >= 11 is 0. The van der Waals surface area contributed by atoms with Crippen molar-refractivity contribution in [1.82, 2.24) is 15.2 Å². The van der Waals surface area contributed by atoms with Crippen LogP contribution in [-0.4, -0.2) is 41.6 Å². The smallest absolute Gasteiger partial charge is 0.195 e. The van der Waals surface area contributed by atoms with Crippen molar-refractivity contribution in [2.45, 2.75) is 71.0 Å². The minimum Gasteiger partial charge on any atom is -0.449 e. The molecule has 0 spiro atoms. The molecule has 1 fully saturated rings. The van der Waals surface area contributed by atoms with Gasteiger partial charge in [-0.15, -0.1) is 0 Å². The summed E-state index contributed by atoms with van der Waals surface area (Å²) in [5.74, 6) is 0.904. The largest absolute Gasteiger partial charge is 0.449 e. The molecule has 0 amide bonds. The molecule has 0 aromatic carbocycles. The first kappa shape index (κ1) is 15.5. The molecule has 1 aliphatic rings. The highest BCUT2D eigenvalue weighted by molar-refractivity contribution is 5.00. The van der Waals surface area contributed by atoms with Crippen LogP contribution in [0.5, 0.6) is 0 Å². The average molecular weight is 279 g/mol. The first-order valence-electron chi connectivity index (χ1n) is 7.96. The second-order valence-corrected chi connectivity index (χ2v) is 6.31. The zero-order chi connectivity index (χ0) is 14.5.